The molecule has 90 valence electrons. The maximum Gasteiger partial charge on any atom is 0.178 e. The van der Waals surface area contributed by atoms with E-state index in [4.69, 9.17) is 0 Å². The Hall–Kier alpha value is -1.61. The van der Waals surface area contributed by atoms with Crippen LogP contribution in [0.3, 0.4) is 0 Å². The Labute approximate surface area is 101 Å². The number of rotatable bonds is 4. The fourth-order valence-corrected chi connectivity index (χ4v) is 1.98. The molecule has 0 radical (unpaired) electrons. The molecule has 3 heteroatoms. The Kier molecular flexibility index (Phi) is 3.29. The van der Waals surface area contributed by atoms with Crippen molar-refractivity contribution in [1.82, 2.24) is 10.3 Å². The average Bonchev–Trinajstić information content (AvgIpc) is 2.71. The zero-order valence-electron chi connectivity index (χ0n) is 10.5. The molecule has 0 spiro atoms. The van der Waals surface area contributed by atoms with Crippen molar-refractivity contribution >= 4 is 16.7 Å². The maximum absolute atomic E-state index is 11.9. The Balaban J connectivity index is 2.50. The molecule has 1 aromatic heterocycles. The number of Topliss-reactive ketones (excluding diaryl/α,β-unsaturated/α-hetero) is 1. The van der Waals surface area contributed by atoms with Crippen LogP contribution in [0.5, 0.6) is 0 Å². The van der Waals surface area contributed by atoms with E-state index in [0.717, 1.165) is 16.5 Å². The first kappa shape index (κ1) is 11.9. The summed E-state index contributed by atoms with van der Waals surface area (Å²) >= 11 is 0. The minimum atomic E-state index is 0.125. The quantitative estimate of drug-likeness (QED) is 0.793. The van der Waals surface area contributed by atoms with Crippen LogP contribution in [0.1, 0.15) is 35.7 Å². The van der Waals surface area contributed by atoms with Gasteiger partial charge in [0.15, 0.2) is 5.78 Å². The SMILES string of the molecule is CNCC(=O)c1c[nH]c2ccc(C(C)C)cc12. The van der Waals surface area contributed by atoms with Gasteiger partial charge in [0.1, 0.15) is 0 Å². The third-order valence-corrected chi connectivity index (χ3v) is 3.01. The van der Waals surface area contributed by atoms with E-state index < -0.39 is 0 Å². The Bertz CT molecular complexity index is 540. The standard InChI is InChI=1S/C14H18N2O/c1-9(2)10-4-5-13-11(6-10)12(7-16-13)14(17)8-15-3/h4-7,9,15-16H,8H2,1-3H3. The molecule has 0 atom stereocenters. The summed E-state index contributed by atoms with van der Waals surface area (Å²) in [6.07, 6.45) is 1.80. The molecule has 0 bridgehead atoms. The van der Waals surface area contributed by atoms with Crippen LogP contribution in [-0.4, -0.2) is 24.4 Å². The molecule has 0 aliphatic carbocycles. The Morgan fingerprint density at radius 2 is 2.18 bits per heavy atom. The lowest BCUT2D eigenvalue weighted by Crippen LogP contribution is -2.18. The van der Waals surface area contributed by atoms with E-state index in [1.807, 2.05) is 6.07 Å². The van der Waals surface area contributed by atoms with Crippen LogP contribution in [-0.2, 0) is 0 Å². The molecule has 0 fully saturated rings. The van der Waals surface area contributed by atoms with E-state index in [0.29, 0.717) is 12.5 Å². The lowest BCUT2D eigenvalue weighted by atomic mass is 9.99. The highest BCUT2D eigenvalue weighted by molar-refractivity contribution is 6.08. The zero-order valence-corrected chi connectivity index (χ0v) is 10.5. The fourth-order valence-electron chi connectivity index (χ4n) is 1.98. The predicted octanol–water partition coefficient (Wildman–Crippen LogP) is 2.69. The molecule has 17 heavy (non-hydrogen) atoms. The van der Waals surface area contributed by atoms with Gasteiger partial charge in [0.05, 0.1) is 6.54 Å². The molecule has 1 heterocycles. The van der Waals surface area contributed by atoms with Crippen molar-refractivity contribution in [2.45, 2.75) is 19.8 Å². The maximum atomic E-state index is 11.9. The molecule has 0 amide bonds. The summed E-state index contributed by atoms with van der Waals surface area (Å²) in [6.45, 7) is 4.69. The van der Waals surface area contributed by atoms with Crippen molar-refractivity contribution < 1.29 is 4.79 Å². The van der Waals surface area contributed by atoms with Gasteiger partial charge in [-0.2, -0.15) is 0 Å². The van der Waals surface area contributed by atoms with Crippen LogP contribution in [0, 0.1) is 0 Å². The molecule has 1 aromatic carbocycles. The number of H-pyrrole nitrogens is 1. The summed E-state index contributed by atoms with van der Waals surface area (Å²) in [5, 5.41) is 3.92. The Morgan fingerprint density at radius 1 is 1.41 bits per heavy atom. The number of carbonyl (C=O) groups is 1. The van der Waals surface area contributed by atoms with Crippen molar-refractivity contribution in [3.63, 3.8) is 0 Å². The summed E-state index contributed by atoms with van der Waals surface area (Å²) in [7, 11) is 1.78. The molecule has 0 saturated carbocycles. The van der Waals surface area contributed by atoms with Crippen LogP contribution in [0.15, 0.2) is 24.4 Å². The lowest BCUT2D eigenvalue weighted by molar-refractivity contribution is 0.0995. The second-order valence-corrected chi connectivity index (χ2v) is 4.62. The van der Waals surface area contributed by atoms with Crippen molar-refractivity contribution in [3.8, 4) is 0 Å². The largest absolute Gasteiger partial charge is 0.360 e. The van der Waals surface area contributed by atoms with Crippen LogP contribution in [0.2, 0.25) is 0 Å². The summed E-state index contributed by atoms with van der Waals surface area (Å²) in [5.41, 5.74) is 3.06. The van der Waals surface area contributed by atoms with Gasteiger partial charge in [0.25, 0.3) is 0 Å². The summed E-state index contributed by atoms with van der Waals surface area (Å²) < 4.78 is 0. The average molecular weight is 230 g/mol. The van der Waals surface area contributed by atoms with Crippen molar-refractivity contribution in [2.75, 3.05) is 13.6 Å². The molecular formula is C14H18N2O. The highest BCUT2D eigenvalue weighted by atomic mass is 16.1. The number of fused-ring (bicyclic) bond motifs is 1. The number of benzene rings is 1. The molecule has 2 aromatic rings. The minimum absolute atomic E-state index is 0.125. The minimum Gasteiger partial charge on any atom is -0.360 e. The molecule has 0 saturated heterocycles. The molecule has 0 aliphatic rings. The first-order valence-electron chi connectivity index (χ1n) is 5.92. The van der Waals surface area contributed by atoms with Gasteiger partial charge in [-0.05, 0) is 30.7 Å². The van der Waals surface area contributed by atoms with Crippen molar-refractivity contribution in [2.24, 2.45) is 0 Å². The van der Waals surface area contributed by atoms with Gasteiger partial charge in [-0.15, -0.1) is 0 Å². The predicted molar refractivity (Wildman–Crippen MR) is 70.6 cm³/mol. The smallest absolute Gasteiger partial charge is 0.178 e. The van der Waals surface area contributed by atoms with Crippen LogP contribution < -0.4 is 5.32 Å². The van der Waals surface area contributed by atoms with E-state index >= 15 is 0 Å². The molecular weight excluding hydrogens is 212 g/mol. The fraction of sp³-hybridized carbons (Fsp3) is 0.357. The van der Waals surface area contributed by atoms with E-state index in [2.05, 4.69) is 36.3 Å². The topological polar surface area (TPSA) is 44.9 Å². The Morgan fingerprint density at radius 3 is 2.82 bits per heavy atom. The van der Waals surface area contributed by atoms with Gasteiger partial charge >= 0.3 is 0 Å². The number of carbonyl (C=O) groups excluding carboxylic acids is 1. The molecule has 2 N–H and O–H groups in total. The van der Waals surface area contributed by atoms with Gasteiger partial charge in [-0.3, -0.25) is 4.79 Å². The van der Waals surface area contributed by atoms with Crippen molar-refractivity contribution in [3.05, 3.63) is 35.5 Å². The third kappa shape index (κ3) is 2.24. The molecule has 2 rings (SSSR count). The van der Waals surface area contributed by atoms with Crippen LogP contribution in [0.4, 0.5) is 0 Å². The molecule has 0 aliphatic heterocycles. The summed E-state index contributed by atoms with van der Waals surface area (Å²) in [5.74, 6) is 0.598. The first-order valence-corrected chi connectivity index (χ1v) is 5.92. The number of aromatic amines is 1. The monoisotopic (exact) mass is 230 g/mol. The number of ketones is 1. The highest BCUT2D eigenvalue weighted by Crippen LogP contribution is 2.24. The number of hydrogen-bond acceptors (Lipinski definition) is 2. The van der Waals surface area contributed by atoms with E-state index in [-0.39, 0.29) is 5.78 Å². The lowest BCUT2D eigenvalue weighted by Gasteiger charge is -2.05. The van der Waals surface area contributed by atoms with E-state index in [9.17, 15) is 4.79 Å². The number of hydrogen-bond donors (Lipinski definition) is 2. The second kappa shape index (κ2) is 4.72. The van der Waals surface area contributed by atoms with E-state index in [1.54, 1.807) is 13.2 Å². The first-order chi connectivity index (χ1) is 8.13. The zero-order chi connectivity index (χ0) is 12.4. The second-order valence-electron chi connectivity index (χ2n) is 4.62. The summed E-state index contributed by atoms with van der Waals surface area (Å²) in [6, 6.07) is 6.26. The molecule has 0 unspecified atom stereocenters. The van der Waals surface area contributed by atoms with Crippen molar-refractivity contribution in [1.29, 1.82) is 0 Å². The molecule has 3 nitrogen and oxygen atoms in total. The van der Waals surface area contributed by atoms with Gasteiger partial charge < -0.3 is 10.3 Å². The number of likely N-dealkylation sites (N-methyl/N-ethyl adjacent to an activating group) is 1. The number of nitrogens with one attached hydrogen (secondary N) is 2. The normalized spacial score (nSPS) is 11.3. The van der Waals surface area contributed by atoms with Gasteiger partial charge in [0, 0.05) is 22.7 Å². The van der Waals surface area contributed by atoms with Crippen LogP contribution in [0.25, 0.3) is 10.9 Å². The number of aromatic nitrogens is 1. The summed E-state index contributed by atoms with van der Waals surface area (Å²) in [4.78, 5) is 15.1. The van der Waals surface area contributed by atoms with Gasteiger partial charge in [-0.25, -0.2) is 0 Å². The highest BCUT2D eigenvalue weighted by Gasteiger charge is 2.12. The van der Waals surface area contributed by atoms with Crippen LogP contribution >= 0.6 is 0 Å². The van der Waals surface area contributed by atoms with Gasteiger partial charge in [-0.1, -0.05) is 19.9 Å². The van der Waals surface area contributed by atoms with E-state index in [1.165, 1.54) is 5.56 Å². The van der Waals surface area contributed by atoms with Gasteiger partial charge in [0.2, 0.25) is 0 Å². The third-order valence-electron chi connectivity index (χ3n) is 3.01.